The van der Waals surface area contributed by atoms with Crippen LogP contribution in [0.25, 0.3) is 0 Å². The van der Waals surface area contributed by atoms with E-state index in [0.29, 0.717) is 17.5 Å². The van der Waals surface area contributed by atoms with Gasteiger partial charge in [-0.3, -0.25) is 4.79 Å². The van der Waals surface area contributed by atoms with Crippen molar-refractivity contribution in [1.82, 2.24) is 0 Å². The highest BCUT2D eigenvalue weighted by molar-refractivity contribution is 8.13. The lowest BCUT2D eigenvalue weighted by molar-refractivity contribution is -0.121. The molecule has 1 aromatic rings. The fraction of sp³-hybridized carbons (Fsp3) is 0.500. The molecule has 0 saturated heterocycles. The van der Waals surface area contributed by atoms with Gasteiger partial charge in [-0.05, 0) is 49.3 Å². The van der Waals surface area contributed by atoms with Crippen molar-refractivity contribution in [1.29, 1.82) is 0 Å². The minimum absolute atomic E-state index is 0.000234. The number of hydrogen-bond donors (Lipinski definition) is 1. The SMILES string of the molecule is O=C(Nc1ccc(S(=O)(=O)Cl)c(Cl)c1)C1CC2CCC1C2. The molecule has 3 unspecified atom stereocenters. The number of hydrogen-bond acceptors (Lipinski definition) is 3. The molecule has 1 N–H and O–H groups in total. The van der Waals surface area contributed by atoms with Crippen molar-refractivity contribution < 1.29 is 13.2 Å². The van der Waals surface area contributed by atoms with Gasteiger partial charge in [-0.2, -0.15) is 0 Å². The maximum absolute atomic E-state index is 12.3. The van der Waals surface area contributed by atoms with Crippen molar-refractivity contribution in [3.05, 3.63) is 23.2 Å². The monoisotopic (exact) mass is 347 g/mol. The summed E-state index contributed by atoms with van der Waals surface area (Å²) in [5, 5.41) is 2.84. The van der Waals surface area contributed by atoms with Gasteiger partial charge in [0, 0.05) is 22.3 Å². The van der Waals surface area contributed by atoms with Crippen LogP contribution in [0.15, 0.2) is 23.1 Å². The summed E-state index contributed by atoms with van der Waals surface area (Å²) >= 11 is 5.91. The first kappa shape index (κ1) is 15.1. The molecule has 2 fully saturated rings. The van der Waals surface area contributed by atoms with Crippen molar-refractivity contribution in [2.24, 2.45) is 17.8 Å². The van der Waals surface area contributed by atoms with E-state index in [-0.39, 0.29) is 21.7 Å². The van der Waals surface area contributed by atoms with E-state index in [2.05, 4.69) is 5.32 Å². The Morgan fingerprint density at radius 2 is 2.00 bits per heavy atom. The number of nitrogens with one attached hydrogen (secondary N) is 1. The molecule has 3 atom stereocenters. The van der Waals surface area contributed by atoms with Gasteiger partial charge in [0.15, 0.2) is 0 Å². The van der Waals surface area contributed by atoms with Crippen LogP contribution < -0.4 is 5.32 Å². The molecule has 0 aliphatic heterocycles. The van der Waals surface area contributed by atoms with E-state index in [9.17, 15) is 13.2 Å². The average molecular weight is 348 g/mol. The van der Waals surface area contributed by atoms with Gasteiger partial charge in [0.1, 0.15) is 4.90 Å². The first-order chi connectivity index (χ1) is 9.84. The number of rotatable bonds is 3. The molecule has 7 heteroatoms. The van der Waals surface area contributed by atoms with Crippen LogP contribution in [0.3, 0.4) is 0 Å². The third-order valence-corrected chi connectivity index (χ3v) is 6.34. The number of amides is 1. The molecule has 114 valence electrons. The van der Waals surface area contributed by atoms with E-state index in [0.717, 1.165) is 19.3 Å². The lowest BCUT2D eigenvalue weighted by Crippen LogP contribution is -2.27. The summed E-state index contributed by atoms with van der Waals surface area (Å²) in [7, 11) is 1.39. The van der Waals surface area contributed by atoms with E-state index in [4.69, 9.17) is 22.3 Å². The van der Waals surface area contributed by atoms with Crippen molar-refractivity contribution in [3.8, 4) is 0 Å². The van der Waals surface area contributed by atoms with Crippen LogP contribution in [0, 0.1) is 17.8 Å². The van der Waals surface area contributed by atoms with Crippen LogP contribution in [0.1, 0.15) is 25.7 Å². The molecule has 21 heavy (non-hydrogen) atoms. The number of carbonyl (C=O) groups is 1. The zero-order valence-electron chi connectivity index (χ0n) is 11.2. The summed E-state index contributed by atoms with van der Waals surface area (Å²) < 4.78 is 22.6. The van der Waals surface area contributed by atoms with Crippen LogP contribution in [0.2, 0.25) is 5.02 Å². The quantitative estimate of drug-likeness (QED) is 0.849. The van der Waals surface area contributed by atoms with Gasteiger partial charge >= 0.3 is 0 Å². The van der Waals surface area contributed by atoms with Crippen LogP contribution >= 0.6 is 22.3 Å². The first-order valence-electron chi connectivity index (χ1n) is 6.89. The third-order valence-electron chi connectivity index (χ3n) is 4.54. The number of carbonyl (C=O) groups excluding carboxylic acids is 1. The number of halogens is 2. The molecule has 2 saturated carbocycles. The third kappa shape index (κ3) is 3.05. The predicted molar refractivity (Wildman–Crippen MR) is 82.1 cm³/mol. The van der Waals surface area contributed by atoms with Gasteiger partial charge in [0.25, 0.3) is 9.05 Å². The lowest BCUT2D eigenvalue weighted by Gasteiger charge is -2.20. The summed E-state index contributed by atoms with van der Waals surface area (Å²) in [4.78, 5) is 12.1. The molecule has 4 nitrogen and oxygen atoms in total. The van der Waals surface area contributed by atoms with Gasteiger partial charge in [0.05, 0.1) is 5.02 Å². The molecule has 2 aliphatic carbocycles. The normalized spacial score (nSPS) is 27.8. The number of anilines is 1. The van der Waals surface area contributed by atoms with Gasteiger partial charge in [0.2, 0.25) is 5.91 Å². The molecule has 0 spiro atoms. The minimum atomic E-state index is -3.87. The second-order valence-corrected chi connectivity index (χ2v) is 8.80. The van der Waals surface area contributed by atoms with Gasteiger partial charge in [-0.1, -0.05) is 18.0 Å². The minimum Gasteiger partial charge on any atom is -0.326 e. The summed E-state index contributed by atoms with van der Waals surface area (Å²) in [6, 6.07) is 4.23. The van der Waals surface area contributed by atoms with Gasteiger partial charge < -0.3 is 5.32 Å². The highest BCUT2D eigenvalue weighted by atomic mass is 35.7. The zero-order chi connectivity index (χ0) is 15.2. The highest BCUT2D eigenvalue weighted by Crippen LogP contribution is 2.48. The molecular weight excluding hydrogens is 333 g/mol. The Kier molecular flexibility index (Phi) is 3.93. The van der Waals surface area contributed by atoms with E-state index in [1.807, 2.05) is 0 Å². The molecule has 0 aromatic heterocycles. The van der Waals surface area contributed by atoms with Gasteiger partial charge in [-0.15, -0.1) is 0 Å². The Balaban J connectivity index is 1.74. The topological polar surface area (TPSA) is 63.2 Å². The maximum Gasteiger partial charge on any atom is 0.262 e. The summed E-state index contributed by atoms with van der Waals surface area (Å²) in [6.07, 6.45) is 4.48. The predicted octanol–water partition coefficient (Wildman–Crippen LogP) is 3.64. The highest BCUT2D eigenvalue weighted by Gasteiger charge is 2.43. The maximum atomic E-state index is 12.3. The van der Waals surface area contributed by atoms with Crippen molar-refractivity contribution in [2.45, 2.75) is 30.6 Å². The number of fused-ring (bicyclic) bond motifs is 2. The largest absolute Gasteiger partial charge is 0.326 e. The Morgan fingerprint density at radius 1 is 1.24 bits per heavy atom. The Labute approximate surface area is 133 Å². The van der Waals surface area contributed by atoms with E-state index >= 15 is 0 Å². The molecular formula is C14H15Cl2NO3S. The Morgan fingerprint density at radius 3 is 2.52 bits per heavy atom. The summed E-state index contributed by atoms with van der Waals surface area (Å²) in [5.41, 5.74) is 0.497. The molecule has 0 radical (unpaired) electrons. The molecule has 2 aliphatic rings. The van der Waals surface area contributed by atoms with Crippen molar-refractivity contribution in [3.63, 3.8) is 0 Å². The van der Waals surface area contributed by atoms with Crippen LogP contribution in [0.4, 0.5) is 5.69 Å². The fourth-order valence-electron chi connectivity index (χ4n) is 3.58. The first-order valence-corrected chi connectivity index (χ1v) is 9.58. The smallest absolute Gasteiger partial charge is 0.262 e. The second-order valence-electron chi connectivity index (χ2n) is 5.85. The Bertz CT molecular complexity index is 689. The Hall–Kier alpha value is -0.780. The van der Waals surface area contributed by atoms with Crippen LogP contribution in [-0.2, 0) is 13.8 Å². The second kappa shape index (κ2) is 5.45. The summed E-state index contributed by atoms with van der Waals surface area (Å²) in [6.45, 7) is 0. The molecule has 1 amide bonds. The average Bonchev–Trinajstić information content (AvgIpc) is 2.99. The van der Waals surface area contributed by atoms with Crippen molar-refractivity contribution in [2.75, 3.05) is 5.32 Å². The van der Waals surface area contributed by atoms with Gasteiger partial charge in [-0.25, -0.2) is 8.42 Å². The summed E-state index contributed by atoms with van der Waals surface area (Å²) in [5.74, 6) is 1.25. The molecule has 0 heterocycles. The lowest BCUT2D eigenvalue weighted by atomic mass is 9.88. The van der Waals surface area contributed by atoms with Crippen molar-refractivity contribution >= 4 is 42.9 Å². The van der Waals surface area contributed by atoms with E-state index < -0.39 is 9.05 Å². The van der Waals surface area contributed by atoms with E-state index in [1.54, 1.807) is 0 Å². The standard InChI is InChI=1S/C14H15Cl2NO3S/c15-12-7-10(3-4-13(12)21(16,19)20)17-14(18)11-6-8-1-2-9(11)5-8/h3-4,7-9,11H,1-2,5-6H2,(H,17,18). The van der Waals surface area contributed by atoms with E-state index in [1.165, 1.54) is 24.6 Å². The zero-order valence-corrected chi connectivity index (χ0v) is 13.5. The molecule has 2 bridgehead atoms. The van der Waals surface area contributed by atoms with Crippen LogP contribution in [-0.4, -0.2) is 14.3 Å². The molecule has 3 rings (SSSR count). The molecule has 1 aromatic carbocycles. The van der Waals surface area contributed by atoms with Crippen LogP contribution in [0.5, 0.6) is 0 Å². The number of benzene rings is 1. The fourth-order valence-corrected chi connectivity index (χ4v) is 5.11.